The molecule has 0 aliphatic heterocycles. The molecule has 3 aromatic rings. The minimum absolute atomic E-state index is 0.0462. The fourth-order valence-corrected chi connectivity index (χ4v) is 3.12. The second-order valence-electron chi connectivity index (χ2n) is 5.22. The molecule has 3 heterocycles. The summed E-state index contributed by atoms with van der Waals surface area (Å²) in [6.07, 6.45) is 2.62. The van der Waals surface area contributed by atoms with Gasteiger partial charge in [-0.3, -0.25) is 13.9 Å². The SMILES string of the molecule is Cc1cc(NC(=O)c2nc(S(C)(=O)=O)n3ccccc23)n(C)n1. The molecule has 3 aromatic heterocycles. The van der Waals surface area contributed by atoms with Crippen LogP contribution in [0.3, 0.4) is 0 Å². The van der Waals surface area contributed by atoms with Gasteiger partial charge < -0.3 is 5.32 Å². The molecule has 0 bridgehead atoms. The highest BCUT2D eigenvalue weighted by atomic mass is 32.2. The third-order valence-electron chi connectivity index (χ3n) is 3.31. The topological polar surface area (TPSA) is 98.4 Å². The zero-order valence-corrected chi connectivity index (χ0v) is 13.6. The van der Waals surface area contributed by atoms with E-state index in [1.54, 1.807) is 37.5 Å². The zero-order chi connectivity index (χ0) is 16.8. The molecule has 0 aliphatic carbocycles. The van der Waals surface area contributed by atoms with Crippen molar-refractivity contribution in [3.63, 3.8) is 0 Å². The van der Waals surface area contributed by atoms with Crippen LogP contribution in [0.15, 0.2) is 35.6 Å². The van der Waals surface area contributed by atoms with Gasteiger partial charge in [0.15, 0.2) is 5.69 Å². The molecule has 0 aliphatic rings. The van der Waals surface area contributed by atoms with Crippen molar-refractivity contribution in [1.82, 2.24) is 19.2 Å². The fourth-order valence-electron chi connectivity index (χ4n) is 2.34. The number of carbonyl (C=O) groups is 1. The lowest BCUT2D eigenvalue weighted by molar-refractivity contribution is 0.102. The summed E-state index contributed by atoms with van der Waals surface area (Å²) in [7, 11) is -1.86. The van der Waals surface area contributed by atoms with Crippen LogP contribution in [0.25, 0.3) is 5.52 Å². The number of hydrogen-bond acceptors (Lipinski definition) is 5. The number of rotatable bonds is 3. The zero-order valence-electron chi connectivity index (χ0n) is 12.8. The Kier molecular flexibility index (Phi) is 3.44. The molecule has 1 amide bonds. The van der Waals surface area contributed by atoms with Gasteiger partial charge in [-0.15, -0.1) is 0 Å². The monoisotopic (exact) mass is 333 g/mol. The van der Waals surface area contributed by atoms with Gasteiger partial charge >= 0.3 is 0 Å². The first kappa shape index (κ1) is 15.2. The van der Waals surface area contributed by atoms with Crippen molar-refractivity contribution >= 4 is 27.1 Å². The minimum atomic E-state index is -3.56. The first-order chi connectivity index (χ1) is 10.8. The molecule has 9 heteroatoms. The predicted octanol–water partition coefficient (Wildman–Crippen LogP) is 1.03. The number of aromatic nitrogens is 4. The van der Waals surface area contributed by atoms with Gasteiger partial charge in [0.05, 0.1) is 11.2 Å². The minimum Gasteiger partial charge on any atom is -0.305 e. The molecule has 0 aromatic carbocycles. The third kappa shape index (κ3) is 2.70. The lowest BCUT2D eigenvalue weighted by atomic mass is 10.3. The average Bonchev–Trinajstić information content (AvgIpc) is 2.99. The van der Waals surface area contributed by atoms with Crippen molar-refractivity contribution in [3.05, 3.63) is 41.9 Å². The standard InChI is InChI=1S/C14H15N5O3S/c1-9-8-11(18(2)17-9)15-13(20)12-10-6-4-5-7-19(10)14(16-12)23(3,21)22/h4-8H,1-3H3,(H,15,20). The summed E-state index contributed by atoms with van der Waals surface area (Å²) >= 11 is 0. The van der Waals surface area contributed by atoms with Crippen molar-refractivity contribution in [1.29, 1.82) is 0 Å². The summed E-state index contributed by atoms with van der Waals surface area (Å²) in [6.45, 7) is 1.81. The highest BCUT2D eigenvalue weighted by molar-refractivity contribution is 7.90. The van der Waals surface area contributed by atoms with Gasteiger partial charge in [-0.05, 0) is 19.1 Å². The Bertz CT molecular complexity index is 1020. The van der Waals surface area contributed by atoms with Crippen molar-refractivity contribution in [2.75, 3.05) is 11.6 Å². The van der Waals surface area contributed by atoms with Gasteiger partial charge in [0.1, 0.15) is 5.82 Å². The molecule has 0 radical (unpaired) electrons. The summed E-state index contributed by atoms with van der Waals surface area (Å²) < 4.78 is 26.7. The predicted molar refractivity (Wildman–Crippen MR) is 84.2 cm³/mol. The van der Waals surface area contributed by atoms with Gasteiger partial charge in [0, 0.05) is 25.6 Å². The van der Waals surface area contributed by atoms with E-state index < -0.39 is 15.7 Å². The molecule has 0 atom stereocenters. The molecule has 0 spiro atoms. The fraction of sp³-hybridized carbons (Fsp3) is 0.214. The molecule has 1 N–H and O–H groups in total. The molecular formula is C14H15N5O3S. The van der Waals surface area contributed by atoms with Crippen LogP contribution in [0.5, 0.6) is 0 Å². The van der Waals surface area contributed by atoms with E-state index in [2.05, 4.69) is 15.4 Å². The van der Waals surface area contributed by atoms with Crippen LogP contribution in [-0.2, 0) is 16.9 Å². The number of nitrogens with zero attached hydrogens (tertiary/aromatic N) is 4. The number of carbonyl (C=O) groups excluding carboxylic acids is 1. The van der Waals surface area contributed by atoms with Gasteiger partial charge in [0.2, 0.25) is 15.0 Å². The van der Waals surface area contributed by atoms with E-state index >= 15 is 0 Å². The number of imidazole rings is 1. The van der Waals surface area contributed by atoms with Crippen LogP contribution < -0.4 is 5.32 Å². The highest BCUT2D eigenvalue weighted by Gasteiger charge is 2.23. The van der Waals surface area contributed by atoms with Crippen LogP contribution in [0.4, 0.5) is 5.82 Å². The van der Waals surface area contributed by atoms with E-state index in [-0.39, 0.29) is 10.9 Å². The maximum atomic E-state index is 12.5. The van der Waals surface area contributed by atoms with E-state index in [1.165, 1.54) is 9.08 Å². The third-order valence-corrected chi connectivity index (χ3v) is 4.26. The van der Waals surface area contributed by atoms with Crippen molar-refractivity contribution < 1.29 is 13.2 Å². The van der Waals surface area contributed by atoms with Gasteiger partial charge in [0.25, 0.3) is 5.91 Å². The van der Waals surface area contributed by atoms with Gasteiger partial charge in [-0.25, -0.2) is 13.4 Å². The number of aryl methyl sites for hydroxylation is 2. The van der Waals surface area contributed by atoms with Gasteiger partial charge in [-0.1, -0.05) is 6.07 Å². The van der Waals surface area contributed by atoms with Crippen LogP contribution in [0.1, 0.15) is 16.2 Å². The largest absolute Gasteiger partial charge is 0.305 e. The van der Waals surface area contributed by atoms with E-state index in [9.17, 15) is 13.2 Å². The number of sulfone groups is 1. The summed E-state index contributed by atoms with van der Waals surface area (Å²) in [6, 6.07) is 6.75. The molecule has 8 nitrogen and oxygen atoms in total. The first-order valence-electron chi connectivity index (χ1n) is 6.76. The molecule has 23 heavy (non-hydrogen) atoms. The molecule has 0 saturated carbocycles. The second-order valence-corrected chi connectivity index (χ2v) is 7.13. The van der Waals surface area contributed by atoms with Crippen molar-refractivity contribution in [2.45, 2.75) is 12.1 Å². The highest BCUT2D eigenvalue weighted by Crippen LogP contribution is 2.18. The summed E-state index contributed by atoms with van der Waals surface area (Å²) in [4.78, 5) is 16.5. The first-order valence-corrected chi connectivity index (χ1v) is 8.65. The molecule has 120 valence electrons. The lowest BCUT2D eigenvalue weighted by Crippen LogP contribution is -2.15. The second kappa shape index (κ2) is 5.20. The number of pyridine rings is 1. The van der Waals surface area contributed by atoms with Crippen LogP contribution in [-0.4, -0.2) is 39.7 Å². The van der Waals surface area contributed by atoms with Crippen LogP contribution in [0, 0.1) is 6.92 Å². The Labute approximate surface area is 132 Å². The molecule has 0 unspecified atom stereocenters. The van der Waals surface area contributed by atoms with E-state index in [0.717, 1.165) is 11.9 Å². The smallest absolute Gasteiger partial charge is 0.277 e. The maximum Gasteiger partial charge on any atom is 0.277 e. The Hall–Kier alpha value is -2.68. The van der Waals surface area contributed by atoms with E-state index in [1.807, 2.05) is 6.92 Å². The van der Waals surface area contributed by atoms with E-state index in [0.29, 0.717) is 11.3 Å². The maximum absolute atomic E-state index is 12.5. The quantitative estimate of drug-likeness (QED) is 0.772. The lowest BCUT2D eigenvalue weighted by Gasteiger charge is -2.03. The molecule has 0 saturated heterocycles. The Morgan fingerprint density at radius 2 is 2.04 bits per heavy atom. The molecular weight excluding hydrogens is 318 g/mol. The molecule has 3 rings (SSSR count). The summed E-state index contributed by atoms with van der Waals surface area (Å²) in [5.74, 6) is 0.0112. The Morgan fingerprint density at radius 1 is 1.30 bits per heavy atom. The Balaban J connectivity index is 2.09. The van der Waals surface area contributed by atoms with Crippen molar-refractivity contribution in [3.8, 4) is 0 Å². The number of anilines is 1. The van der Waals surface area contributed by atoms with Crippen molar-refractivity contribution in [2.24, 2.45) is 7.05 Å². The average molecular weight is 333 g/mol. The van der Waals surface area contributed by atoms with Gasteiger partial charge in [-0.2, -0.15) is 5.10 Å². The summed E-state index contributed by atoms with van der Waals surface area (Å²) in [5, 5.41) is 6.67. The normalized spacial score (nSPS) is 11.8. The Morgan fingerprint density at radius 3 is 2.65 bits per heavy atom. The number of nitrogens with one attached hydrogen (secondary N) is 1. The molecule has 0 fully saturated rings. The van der Waals surface area contributed by atoms with Crippen LogP contribution >= 0.6 is 0 Å². The number of amides is 1. The van der Waals surface area contributed by atoms with E-state index in [4.69, 9.17) is 0 Å². The van der Waals surface area contributed by atoms with Crippen LogP contribution in [0.2, 0.25) is 0 Å². The number of hydrogen-bond donors (Lipinski definition) is 1. The number of fused-ring (bicyclic) bond motifs is 1. The summed E-state index contributed by atoms with van der Waals surface area (Å²) in [5.41, 5.74) is 1.23.